The molecular formula is C13H23N3OS. The molecule has 2 unspecified atom stereocenters. The molecule has 0 bridgehead atoms. The molecule has 102 valence electrons. The minimum Gasteiger partial charge on any atom is -0.354 e. The smallest absolute Gasteiger partial charge is 0.221 e. The third-order valence-corrected chi connectivity index (χ3v) is 3.93. The van der Waals surface area contributed by atoms with Gasteiger partial charge < -0.3 is 16.0 Å². The van der Waals surface area contributed by atoms with Gasteiger partial charge in [-0.1, -0.05) is 13.0 Å². The molecule has 0 saturated carbocycles. The van der Waals surface area contributed by atoms with Crippen molar-refractivity contribution in [2.75, 3.05) is 20.6 Å². The Kier molecular flexibility index (Phi) is 6.32. The van der Waals surface area contributed by atoms with Crippen LogP contribution in [0.4, 0.5) is 0 Å². The number of thiophene rings is 1. The number of likely N-dealkylation sites (N-methyl/N-ethyl adjacent to an activating group) is 1. The van der Waals surface area contributed by atoms with Crippen LogP contribution in [0.1, 0.15) is 30.7 Å². The Morgan fingerprint density at radius 2 is 2.28 bits per heavy atom. The maximum atomic E-state index is 11.7. The molecule has 0 fully saturated rings. The lowest BCUT2D eigenvalue weighted by Gasteiger charge is -2.23. The minimum absolute atomic E-state index is 0.0350. The van der Waals surface area contributed by atoms with Crippen LogP contribution in [0.3, 0.4) is 0 Å². The summed E-state index contributed by atoms with van der Waals surface area (Å²) in [7, 11) is 4.04. The molecule has 2 atom stereocenters. The molecule has 4 nitrogen and oxygen atoms in total. The summed E-state index contributed by atoms with van der Waals surface area (Å²) in [5, 5.41) is 5.02. The van der Waals surface area contributed by atoms with Gasteiger partial charge >= 0.3 is 0 Å². The number of hydrogen-bond acceptors (Lipinski definition) is 4. The second-order valence-electron chi connectivity index (χ2n) is 4.67. The second kappa shape index (κ2) is 7.51. The van der Waals surface area contributed by atoms with Gasteiger partial charge in [-0.2, -0.15) is 0 Å². The molecule has 0 saturated heterocycles. The summed E-state index contributed by atoms with van der Waals surface area (Å²) >= 11 is 1.71. The van der Waals surface area contributed by atoms with Crippen LogP contribution in [0.2, 0.25) is 0 Å². The molecule has 1 amide bonds. The summed E-state index contributed by atoms with van der Waals surface area (Å²) in [5.41, 5.74) is 5.77. The predicted octanol–water partition coefficient (Wildman–Crippen LogP) is 1.59. The lowest BCUT2D eigenvalue weighted by atomic mass is 10.1. The van der Waals surface area contributed by atoms with Crippen molar-refractivity contribution >= 4 is 17.2 Å². The molecule has 0 aliphatic heterocycles. The first-order valence-corrected chi connectivity index (χ1v) is 7.14. The number of nitrogens with zero attached hydrogens (tertiary/aromatic N) is 1. The third-order valence-electron chi connectivity index (χ3n) is 2.96. The fourth-order valence-electron chi connectivity index (χ4n) is 1.68. The van der Waals surface area contributed by atoms with E-state index in [0.29, 0.717) is 13.0 Å². The van der Waals surface area contributed by atoms with Crippen molar-refractivity contribution < 1.29 is 4.79 Å². The molecule has 0 aliphatic rings. The number of amides is 1. The predicted molar refractivity (Wildman–Crippen MR) is 76.6 cm³/mol. The molecular weight excluding hydrogens is 246 g/mol. The van der Waals surface area contributed by atoms with Crippen LogP contribution >= 0.6 is 11.3 Å². The zero-order valence-corrected chi connectivity index (χ0v) is 12.2. The average molecular weight is 269 g/mol. The zero-order chi connectivity index (χ0) is 13.5. The van der Waals surface area contributed by atoms with Crippen molar-refractivity contribution in [1.29, 1.82) is 0 Å². The molecule has 0 radical (unpaired) electrons. The molecule has 1 rings (SSSR count). The quantitative estimate of drug-likeness (QED) is 0.790. The van der Waals surface area contributed by atoms with E-state index in [-0.39, 0.29) is 18.0 Å². The standard InChI is InChI=1S/C13H23N3OS/c1-4-10(14)8-13(17)15-9-11(16(2)3)12-6-5-7-18-12/h5-7,10-11H,4,8-9,14H2,1-3H3,(H,15,17). The summed E-state index contributed by atoms with van der Waals surface area (Å²) in [6.07, 6.45) is 1.23. The van der Waals surface area contributed by atoms with Crippen molar-refractivity contribution in [3.63, 3.8) is 0 Å². The first-order valence-electron chi connectivity index (χ1n) is 6.26. The Hall–Kier alpha value is -0.910. The van der Waals surface area contributed by atoms with Gasteiger partial charge in [0.2, 0.25) is 5.91 Å². The maximum Gasteiger partial charge on any atom is 0.221 e. The fraction of sp³-hybridized carbons (Fsp3) is 0.615. The Balaban J connectivity index is 2.46. The van der Waals surface area contributed by atoms with E-state index in [0.717, 1.165) is 6.42 Å². The minimum atomic E-state index is -0.0375. The number of carbonyl (C=O) groups excluding carboxylic acids is 1. The zero-order valence-electron chi connectivity index (χ0n) is 11.3. The van der Waals surface area contributed by atoms with E-state index in [1.807, 2.05) is 27.1 Å². The van der Waals surface area contributed by atoms with Gasteiger partial charge in [0, 0.05) is 23.9 Å². The van der Waals surface area contributed by atoms with E-state index < -0.39 is 0 Å². The SMILES string of the molecule is CCC(N)CC(=O)NCC(c1cccs1)N(C)C. The Labute approximate surface area is 113 Å². The van der Waals surface area contributed by atoms with E-state index in [2.05, 4.69) is 21.7 Å². The third kappa shape index (κ3) is 4.76. The lowest BCUT2D eigenvalue weighted by Crippen LogP contribution is -2.36. The molecule has 18 heavy (non-hydrogen) atoms. The average Bonchev–Trinajstić information content (AvgIpc) is 2.82. The second-order valence-corrected chi connectivity index (χ2v) is 5.65. The molecule has 1 aromatic rings. The van der Waals surface area contributed by atoms with E-state index in [9.17, 15) is 4.79 Å². The van der Waals surface area contributed by atoms with Crippen molar-refractivity contribution in [2.45, 2.75) is 31.8 Å². The first kappa shape index (κ1) is 15.1. The van der Waals surface area contributed by atoms with Crippen LogP contribution in [-0.2, 0) is 4.79 Å². The molecule has 1 aromatic heterocycles. The highest BCUT2D eigenvalue weighted by Gasteiger charge is 2.16. The molecule has 1 heterocycles. The summed E-state index contributed by atoms with van der Waals surface area (Å²) in [4.78, 5) is 15.1. The van der Waals surface area contributed by atoms with E-state index in [1.165, 1.54) is 4.88 Å². The van der Waals surface area contributed by atoms with Crippen LogP contribution in [0, 0.1) is 0 Å². The Morgan fingerprint density at radius 1 is 1.56 bits per heavy atom. The summed E-state index contributed by atoms with van der Waals surface area (Å²) in [6.45, 7) is 2.62. The fourth-order valence-corrected chi connectivity index (χ4v) is 2.61. The first-order chi connectivity index (χ1) is 8.54. The van der Waals surface area contributed by atoms with Gasteiger partial charge in [-0.05, 0) is 32.0 Å². The van der Waals surface area contributed by atoms with Gasteiger partial charge in [0.25, 0.3) is 0 Å². The number of rotatable bonds is 7. The number of hydrogen-bond donors (Lipinski definition) is 2. The highest BCUT2D eigenvalue weighted by Crippen LogP contribution is 2.22. The van der Waals surface area contributed by atoms with Gasteiger partial charge in [-0.15, -0.1) is 11.3 Å². The number of nitrogens with two attached hydrogens (primary N) is 1. The normalized spacial score (nSPS) is 14.5. The van der Waals surface area contributed by atoms with Gasteiger partial charge in [0.05, 0.1) is 6.04 Å². The Morgan fingerprint density at radius 3 is 2.78 bits per heavy atom. The highest BCUT2D eigenvalue weighted by molar-refractivity contribution is 7.10. The lowest BCUT2D eigenvalue weighted by molar-refractivity contribution is -0.121. The summed E-state index contributed by atoms with van der Waals surface area (Å²) in [5.74, 6) is 0.0350. The molecule has 0 aliphatic carbocycles. The molecule has 0 spiro atoms. The van der Waals surface area contributed by atoms with Gasteiger partial charge in [-0.25, -0.2) is 0 Å². The number of carbonyl (C=O) groups is 1. The molecule has 0 aromatic carbocycles. The monoisotopic (exact) mass is 269 g/mol. The van der Waals surface area contributed by atoms with Crippen LogP contribution in [0.15, 0.2) is 17.5 Å². The topological polar surface area (TPSA) is 58.4 Å². The molecule has 5 heteroatoms. The summed E-state index contributed by atoms with van der Waals surface area (Å²) < 4.78 is 0. The number of nitrogens with one attached hydrogen (secondary N) is 1. The van der Waals surface area contributed by atoms with Crippen molar-refractivity contribution in [3.05, 3.63) is 22.4 Å². The highest BCUT2D eigenvalue weighted by atomic mass is 32.1. The van der Waals surface area contributed by atoms with Crippen molar-refractivity contribution in [2.24, 2.45) is 5.73 Å². The van der Waals surface area contributed by atoms with Gasteiger partial charge in [-0.3, -0.25) is 4.79 Å². The van der Waals surface area contributed by atoms with Crippen LogP contribution in [0.5, 0.6) is 0 Å². The maximum absolute atomic E-state index is 11.7. The van der Waals surface area contributed by atoms with Crippen molar-refractivity contribution in [1.82, 2.24) is 10.2 Å². The van der Waals surface area contributed by atoms with Crippen LogP contribution in [-0.4, -0.2) is 37.5 Å². The van der Waals surface area contributed by atoms with E-state index >= 15 is 0 Å². The van der Waals surface area contributed by atoms with Crippen LogP contribution in [0.25, 0.3) is 0 Å². The van der Waals surface area contributed by atoms with E-state index in [1.54, 1.807) is 11.3 Å². The van der Waals surface area contributed by atoms with Crippen LogP contribution < -0.4 is 11.1 Å². The summed E-state index contributed by atoms with van der Waals surface area (Å²) in [6, 6.07) is 4.32. The largest absolute Gasteiger partial charge is 0.354 e. The van der Waals surface area contributed by atoms with Crippen molar-refractivity contribution in [3.8, 4) is 0 Å². The Bertz CT molecular complexity index is 351. The van der Waals surface area contributed by atoms with Gasteiger partial charge in [0.1, 0.15) is 0 Å². The van der Waals surface area contributed by atoms with E-state index in [4.69, 9.17) is 5.73 Å². The van der Waals surface area contributed by atoms with Gasteiger partial charge in [0.15, 0.2) is 0 Å². The molecule has 3 N–H and O–H groups in total.